The summed E-state index contributed by atoms with van der Waals surface area (Å²) in [6, 6.07) is 0. The minimum absolute atomic E-state index is 0.0340. The standard InChI is InChI=1S/C52H86O21/c1-47(2)14-15-52(22-55)24(16-47)23-8-9-30-49(5)12-11-32(48(3,4)29(49)10-13-50(30,6)51(23,7)17-31(52)57)71-45-41(73-44-40(65)37(62)34(59)26(18-53)68-44)36(61)28(21-67-45)70-46-42(38(63)35(60)27(19-54)69-46)72-43-39(64)33(58)25(56)20-66-43/h8,24-46,53-65H,9-22H2,1-7H3/t24-,25+,26+,27+,28-,29-,30+,31+,32-,33-,34+,35+,36-,37-,38-,39+,40+,41+,42+,43-,44-,45-,46-,49-,50+,51+,52+/m0/s1. The van der Waals surface area contributed by atoms with Gasteiger partial charge in [0.1, 0.15) is 85.5 Å². The van der Waals surface area contributed by atoms with Crippen molar-refractivity contribution in [2.45, 2.75) is 229 Å². The molecular weight excluding hydrogens is 961 g/mol. The molecule has 9 rings (SSSR count). The fourth-order valence-corrected chi connectivity index (χ4v) is 16.1. The van der Waals surface area contributed by atoms with Gasteiger partial charge >= 0.3 is 0 Å². The van der Waals surface area contributed by atoms with Crippen LogP contribution in [-0.2, 0) is 37.9 Å². The van der Waals surface area contributed by atoms with Gasteiger partial charge in [0.2, 0.25) is 0 Å². The summed E-state index contributed by atoms with van der Waals surface area (Å²) in [5.41, 5.74) is -0.167. The Hall–Kier alpha value is -1.10. The molecule has 27 atom stereocenters. The monoisotopic (exact) mass is 1050 g/mol. The second kappa shape index (κ2) is 20.5. The summed E-state index contributed by atoms with van der Waals surface area (Å²) >= 11 is 0. The molecular formula is C52H86O21. The highest BCUT2D eigenvalue weighted by Gasteiger charge is 2.70. The molecule has 73 heavy (non-hydrogen) atoms. The van der Waals surface area contributed by atoms with Crippen molar-refractivity contribution in [3.05, 3.63) is 11.6 Å². The van der Waals surface area contributed by atoms with E-state index in [4.69, 9.17) is 37.9 Å². The zero-order chi connectivity index (χ0) is 53.1. The van der Waals surface area contributed by atoms with E-state index in [-0.39, 0.29) is 46.0 Å². The molecule has 0 bridgehead atoms. The first-order valence-corrected chi connectivity index (χ1v) is 26.7. The lowest BCUT2D eigenvalue weighted by atomic mass is 9.33. The van der Waals surface area contributed by atoms with Crippen molar-refractivity contribution in [2.75, 3.05) is 33.0 Å². The van der Waals surface area contributed by atoms with Gasteiger partial charge in [-0.15, -0.1) is 0 Å². The zero-order valence-electron chi connectivity index (χ0n) is 43.3. The van der Waals surface area contributed by atoms with Crippen LogP contribution in [0.5, 0.6) is 0 Å². The second-order valence-electron chi connectivity index (χ2n) is 25.5. The van der Waals surface area contributed by atoms with Gasteiger partial charge in [0.15, 0.2) is 25.2 Å². The average Bonchev–Trinajstić information content (AvgIpc) is 3.33. The van der Waals surface area contributed by atoms with Crippen molar-refractivity contribution in [1.82, 2.24) is 0 Å². The van der Waals surface area contributed by atoms with E-state index in [2.05, 4.69) is 54.5 Å². The van der Waals surface area contributed by atoms with Crippen LogP contribution in [0.4, 0.5) is 0 Å². The van der Waals surface area contributed by atoms with E-state index in [9.17, 15) is 66.4 Å². The number of ether oxygens (including phenoxy) is 8. The van der Waals surface area contributed by atoms with Gasteiger partial charge in [-0.2, -0.15) is 0 Å². The maximum absolute atomic E-state index is 12.3. The second-order valence-corrected chi connectivity index (χ2v) is 25.5. The molecule has 4 saturated heterocycles. The number of hydrogen-bond donors (Lipinski definition) is 13. The predicted molar refractivity (Wildman–Crippen MR) is 252 cm³/mol. The molecule has 4 heterocycles. The third-order valence-electron chi connectivity index (χ3n) is 20.8. The molecule has 9 aliphatic rings. The number of aliphatic hydroxyl groups is 13. The molecule has 0 radical (unpaired) electrons. The molecule has 4 aliphatic heterocycles. The fraction of sp³-hybridized carbons (Fsp3) is 0.962. The summed E-state index contributed by atoms with van der Waals surface area (Å²) in [7, 11) is 0. The summed E-state index contributed by atoms with van der Waals surface area (Å²) < 4.78 is 48.7. The third-order valence-corrected chi connectivity index (χ3v) is 20.8. The average molecular weight is 1050 g/mol. The van der Waals surface area contributed by atoms with E-state index in [0.717, 1.165) is 44.9 Å². The molecule has 21 heteroatoms. The molecule has 0 aromatic rings. The number of rotatable bonds is 11. The fourth-order valence-electron chi connectivity index (χ4n) is 16.1. The Balaban J connectivity index is 0.971. The summed E-state index contributed by atoms with van der Waals surface area (Å²) in [5.74, 6) is 0.488. The molecule has 5 aliphatic carbocycles. The highest BCUT2D eigenvalue weighted by molar-refractivity contribution is 5.35. The summed E-state index contributed by atoms with van der Waals surface area (Å²) in [5, 5.41) is 141. The van der Waals surface area contributed by atoms with E-state index in [1.165, 1.54) is 5.57 Å². The van der Waals surface area contributed by atoms with Gasteiger partial charge in [0.05, 0.1) is 45.2 Å². The minimum Gasteiger partial charge on any atom is -0.396 e. The minimum atomic E-state index is -1.88. The van der Waals surface area contributed by atoms with Gasteiger partial charge in [0, 0.05) is 5.41 Å². The Morgan fingerprint density at radius 3 is 1.85 bits per heavy atom. The summed E-state index contributed by atoms with van der Waals surface area (Å²) in [4.78, 5) is 0. The van der Waals surface area contributed by atoms with E-state index >= 15 is 0 Å². The van der Waals surface area contributed by atoms with Crippen LogP contribution in [-0.4, -0.2) is 222 Å². The van der Waals surface area contributed by atoms with E-state index in [0.29, 0.717) is 12.8 Å². The largest absolute Gasteiger partial charge is 0.396 e. The lowest BCUT2D eigenvalue weighted by Crippen LogP contribution is -2.67. The number of aliphatic hydroxyl groups excluding tert-OH is 13. The molecule has 0 amide bonds. The van der Waals surface area contributed by atoms with Crippen molar-refractivity contribution in [3.63, 3.8) is 0 Å². The first-order valence-electron chi connectivity index (χ1n) is 26.7. The molecule has 0 unspecified atom stereocenters. The number of allylic oxidation sites excluding steroid dienone is 2. The van der Waals surface area contributed by atoms with Crippen LogP contribution in [0.2, 0.25) is 0 Å². The van der Waals surface area contributed by atoms with Crippen LogP contribution in [0.3, 0.4) is 0 Å². The predicted octanol–water partition coefficient (Wildman–Crippen LogP) is -1.31. The molecule has 8 fully saturated rings. The zero-order valence-corrected chi connectivity index (χ0v) is 43.3. The van der Waals surface area contributed by atoms with Gasteiger partial charge in [-0.05, 0) is 103 Å². The summed E-state index contributed by atoms with van der Waals surface area (Å²) in [6.07, 6.45) is -21.2. The van der Waals surface area contributed by atoms with E-state index in [1.54, 1.807) is 0 Å². The Morgan fingerprint density at radius 1 is 0.562 bits per heavy atom. The smallest absolute Gasteiger partial charge is 0.187 e. The van der Waals surface area contributed by atoms with Crippen LogP contribution < -0.4 is 0 Å². The maximum atomic E-state index is 12.3. The molecule has 4 saturated carbocycles. The van der Waals surface area contributed by atoms with Crippen molar-refractivity contribution < 1.29 is 104 Å². The van der Waals surface area contributed by atoms with Crippen LogP contribution in [0.25, 0.3) is 0 Å². The first-order chi connectivity index (χ1) is 34.2. The van der Waals surface area contributed by atoms with Crippen LogP contribution in [0, 0.1) is 50.2 Å². The lowest BCUT2D eigenvalue weighted by Gasteiger charge is -2.72. The van der Waals surface area contributed by atoms with Gasteiger partial charge in [-0.25, -0.2) is 0 Å². The van der Waals surface area contributed by atoms with Gasteiger partial charge < -0.3 is 104 Å². The molecule has 0 aromatic heterocycles. The summed E-state index contributed by atoms with van der Waals surface area (Å²) in [6.45, 7) is 13.7. The van der Waals surface area contributed by atoms with Crippen LogP contribution in [0.15, 0.2) is 11.6 Å². The topological polar surface area (TPSA) is 337 Å². The van der Waals surface area contributed by atoms with Gasteiger partial charge in [-0.1, -0.05) is 60.1 Å². The Bertz CT molecular complexity index is 1960. The highest BCUT2D eigenvalue weighted by atomic mass is 16.8. The van der Waals surface area contributed by atoms with Crippen molar-refractivity contribution in [3.8, 4) is 0 Å². The Labute approximate surface area is 427 Å². The Kier molecular flexibility index (Phi) is 15.9. The quantitative estimate of drug-likeness (QED) is 0.0844. The Morgan fingerprint density at radius 2 is 1.18 bits per heavy atom. The van der Waals surface area contributed by atoms with Gasteiger partial charge in [-0.3, -0.25) is 0 Å². The van der Waals surface area contributed by atoms with Crippen molar-refractivity contribution in [1.29, 1.82) is 0 Å². The molecule has 13 N–H and O–H groups in total. The van der Waals surface area contributed by atoms with Crippen molar-refractivity contribution >= 4 is 0 Å². The maximum Gasteiger partial charge on any atom is 0.187 e. The van der Waals surface area contributed by atoms with E-state index < -0.39 is 160 Å². The van der Waals surface area contributed by atoms with Gasteiger partial charge in [0.25, 0.3) is 0 Å². The SMILES string of the molecule is CC1(C)CC[C@]2(CO)[C@H](O)C[C@]3(C)C(=CC[C@@H]4[C@@]5(C)CC[C@H](O[C@@H]6OC[C@H](O[C@@H]7O[C@H](CO)[C@@H](O)[C@H](O)[C@H]7O[C@@H]7OC[C@@H](O)[C@H](O)[C@H]7O)[C@H](O)[C@H]6O[C@@H]6O[C@H](CO)[C@@H](O)[C@H](O)[C@H]6O)C(C)(C)[C@@H]5CC[C@]43C)[C@@H]2C1. The molecule has 21 nitrogen and oxygen atoms in total. The molecule has 420 valence electrons. The van der Waals surface area contributed by atoms with Crippen molar-refractivity contribution in [2.24, 2.45) is 50.2 Å². The number of hydrogen-bond acceptors (Lipinski definition) is 21. The number of fused-ring (bicyclic) bond motifs is 7. The third kappa shape index (κ3) is 9.24. The highest BCUT2D eigenvalue weighted by Crippen LogP contribution is 2.76. The van der Waals surface area contributed by atoms with Crippen LogP contribution in [0.1, 0.15) is 106 Å². The molecule has 0 aromatic carbocycles. The lowest BCUT2D eigenvalue weighted by molar-refractivity contribution is -0.392. The normalized spacial score (nSPS) is 54.8. The van der Waals surface area contributed by atoms with Crippen LogP contribution >= 0.6 is 0 Å². The molecule has 0 spiro atoms. The van der Waals surface area contributed by atoms with E-state index in [1.807, 2.05) is 0 Å². The first kappa shape index (κ1) is 56.6.